The summed E-state index contributed by atoms with van der Waals surface area (Å²) in [6.45, 7) is 4.20. The summed E-state index contributed by atoms with van der Waals surface area (Å²) in [5.74, 6) is 0.0321. The number of aromatic nitrogens is 3. The molecule has 0 saturated carbocycles. The molecule has 0 radical (unpaired) electrons. The van der Waals surface area contributed by atoms with Gasteiger partial charge in [0.25, 0.3) is 0 Å². The van der Waals surface area contributed by atoms with Gasteiger partial charge in [0.2, 0.25) is 5.91 Å². The minimum Gasteiger partial charge on any atom is -0.345 e. The monoisotopic (exact) mass is 388 g/mol. The van der Waals surface area contributed by atoms with Crippen LogP contribution in [0.2, 0.25) is 0 Å². The zero-order valence-electron chi connectivity index (χ0n) is 17.2. The van der Waals surface area contributed by atoms with E-state index in [1.54, 1.807) is 6.20 Å². The Morgan fingerprint density at radius 3 is 2.79 bits per heavy atom. The van der Waals surface area contributed by atoms with Crippen LogP contribution >= 0.6 is 0 Å². The molecule has 29 heavy (non-hydrogen) atoms. The van der Waals surface area contributed by atoms with Gasteiger partial charge in [-0.2, -0.15) is 5.10 Å². The molecule has 3 aromatic rings. The van der Waals surface area contributed by atoms with Crippen molar-refractivity contribution >= 4 is 5.91 Å². The Morgan fingerprint density at radius 1 is 1.14 bits per heavy atom. The lowest BCUT2D eigenvalue weighted by Crippen LogP contribution is -2.29. The third kappa shape index (κ3) is 4.39. The number of carbonyl (C=O) groups excluding carboxylic acids is 1. The van der Waals surface area contributed by atoms with Gasteiger partial charge >= 0.3 is 0 Å². The highest BCUT2D eigenvalue weighted by Gasteiger charge is 2.20. The number of benzene rings is 1. The number of rotatable bonds is 6. The molecule has 150 valence electrons. The van der Waals surface area contributed by atoms with E-state index in [4.69, 9.17) is 0 Å². The van der Waals surface area contributed by atoms with E-state index in [1.165, 1.54) is 35.2 Å². The summed E-state index contributed by atoms with van der Waals surface area (Å²) < 4.78 is 0. The zero-order valence-corrected chi connectivity index (χ0v) is 17.2. The van der Waals surface area contributed by atoms with Gasteiger partial charge in [-0.1, -0.05) is 24.3 Å². The van der Waals surface area contributed by atoms with E-state index in [0.29, 0.717) is 12.8 Å². The number of hydrogen-bond donors (Lipinski definition) is 2. The van der Waals surface area contributed by atoms with E-state index in [0.717, 1.165) is 29.7 Å². The summed E-state index contributed by atoms with van der Waals surface area (Å²) in [6, 6.07) is 10.1. The molecule has 2 N–H and O–H groups in total. The highest BCUT2D eigenvalue weighted by molar-refractivity contribution is 5.77. The highest BCUT2D eigenvalue weighted by atomic mass is 16.1. The van der Waals surface area contributed by atoms with Crippen LogP contribution in [0.25, 0.3) is 0 Å². The fourth-order valence-corrected chi connectivity index (χ4v) is 4.07. The average molecular weight is 389 g/mol. The normalized spacial score (nSPS) is 14.3. The Morgan fingerprint density at radius 2 is 2.00 bits per heavy atom. The van der Waals surface area contributed by atoms with Crippen molar-refractivity contribution in [2.45, 2.75) is 58.4 Å². The highest BCUT2D eigenvalue weighted by Crippen LogP contribution is 2.25. The van der Waals surface area contributed by atoms with Crippen molar-refractivity contribution < 1.29 is 4.79 Å². The fraction of sp³-hybridized carbons (Fsp3) is 0.375. The maximum Gasteiger partial charge on any atom is 0.221 e. The first-order valence-electron chi connectivity index (χ1n) is 10.4. The molecule has 1 aromatic carbocycles. The predicted molar refractivity (Wildman–Crippen MR) is 114 cm³/mol. The fourth-order valence-electron chi connectivity index (χ4n) is 4.07. The first-order valence-corrected chi connectivity index (χ1v) is 10.4. The van der Waals surface area contributed by atoms with Crippen molar-refractivity contribution in [2.75, 3.05) is 0 Å². The second-order valence-electron chi connectivity index (χ2n) is 7.97. The van der Waals surface area contributed by atoms with E-state index >= 15 is 0 Å². The molecule has 1 unspecified atom stereocenters. The van der Waals surface area contributed by atoms with Crippen molar-refractivity contribution in [1.29, 1.82) is 0 Å². The van der Waals surface area contributed by atoms with E-state index in [-0.39, 0.29) is 11.9 Å². The molecule has 0 saturated heterocycles. The summed E-state index contributed by atoms with van der Waals surface area (Å²) in [5, 5.41) is 10.9. The van der Waals surface area contributed by atoms with Gasteiger partial charge in [-0.15, -0.1) is 0 Å². The Labute approximate surface area is 172 Å². The van der Waals surface area contributed by atoms with Crippen LogP contribution in [0.1, 0.15) is 64.5 Å². The van der Waals surface area contributed by atoms with Crippen LogP contribution in [0.5, 0.6) is 0 Å². The van der Waals surface area contributed by atoms with Crippen LogP contribution in [-0.2, 0) is 24.1 Å². The summed E-state index contributed by atoms with van der Waals surface area (Å²) in [7, 11) is 0. The Kier molecular flexibility index (Phi) is 5.74. The quantitative estimate of drug-likeness (QED) is 0.667. The molecule has 0 bridgehead atoms. The Balaban J connectivity index is 1.49. The number of nitrogens with zero attached hydrogens (tertiary/aromatic N) is 2. The Bertz CT molecular complexity index is 993. The third-order valence-corrected chi connectivity index (χ3v) is 5.92. The maximum atomic E-state index is 12.8. The smallest absolute Gasteiger partial charge is 0.221 e. The molecular weight excluding hydrogens is 360 g/mol. The third-order valence-electron chi connectivity index (χ3n) is 5.92. The van der Waals surface area contributed by atoms with Gasteiger partial charge in [0.1, 0.15) is 0 Å². The lowest BCUT2D eigenvalue weighted by Gasteiger charge is -2.20. The molecule has 1 atom stereocenters. The minimum atomic E-state index is -0.205. The number of aromatic amines is 1. The molecule has 4 rings (SSSR count). The predicted octanol–water partition coefficient (Wildman–Crippen LogP) is 4.14. The summed E-state index contributed by atoms with van der Waals surface area (Å²) in [6.07, 6.45) is 9.25. The Hall–Kier alpha value is -2.95. The van der Waals surface area contributed by atoms with Crippen LogP contribution in [0.4, 0.5) is 0 Å². The minimum absolute atomic E-state index is 0.0321. The number of H-pyrrole nitrogens is 1. The van der Waals surface area contributed by atoms with Crippen molar-refractivity contribution in [1.82, 2.24) is 20.5 Å². The zero-order chi connectivity index (χ0) is 20.2. The number of amides is 1. The average Bonchev–Trinajstić information content (AvgIpc) is 3.16. The van der Waals surface area contributed by atoms with Crippen molar-refractivity contribution in [3.05, 3.63) is 81.9 Å². The maximum absolute atomic E-state index is 12.8. The van der Waals surface area contributed by atoms with Gasteiger partial charge < -0.3 is 5.32 Å². The largest absolute Gasteiger partial charge is 0.345 e. The van der Waals surface area contributed by atoms with Gasteiger partial charge in [-0.3, -0.25) is 14.9 Å². The summed E-state index contributed by atoms with van der Waals surface area (Å²) in [5.41, 5.74) is 8.17. The molecule has 0 fully saturated rings. The SMILES string of the molecule is Cc1ccc(C(NC(=O)CCc2n[nH]c3c2CCCC3)c2cccnc2)cc1C. The topological polar surface area (TPSA) is 70.7 Å². The lowest BCUT2D eigenvalue weighted by atomic mass is 9.94. The van der Waals surface area contributed by atoms with Crippen LogP contribution < -0.4 is 5.32 Å². The molecule has 2 aromatic heterocycles. The van der Waals surface area contributed by atoms with Crippen molar-refractivity contribution in [3.8, 4) is 0 Å². The number of nitrogens with one attached hydrogen (secondary N) is 2. The molecule has 5 nitrogen and oxygen atoms in total. The second kappa shape index (κ2) is 8.60. The lowest BCUT2D eigenvalue weighted by molar-refractivity contribution is -0.121. The molecule has 1 amide bonds. The van der Waals surface area contributed by atoms with Crippen LogP contribution in [0.3, 0.4) is 0 Å². The number of hydrogen-bond acceptors (Lipinski definition) is 3. The van der Waals surface area contributed by atoms with Gasteiger partial charge in [0.15, 0.2) is 0 Å². The number of pyridine rings is 1. The van der Waals surface area contributed by atoms with Crippen LogP contribution in [-0.4, -0.2) is 21.1 Å². The van der Waals surface area contributed by atoms with E-state index in [2.05, 4.69) is 52.5 Å². The summed E-state index contributed by atoms with van der Waals surface area (Å²) in [4.78, 5) is 17.1. The number of carbonyl (C=O) groups is 1. The van der Waals surface area contributed by atoms with E-state index in [1.807, 2.05) is 18.3 Å². The standard InChI is InChI=1S/C24H28N4O/c1-16-9-10-18(14-17(16)2)24(19-6-5-13-25-15-19)26-23(29)12-11-22-20-7-3-4-8-21(20)27-28-22/h5-6,9-10,13-15,24H,3-4,7-8,11-12H2,1-2H3,(H,26,29)(H,27,28). The first kappa shape index (κ1) is 19.4. The van der Waals surface area contributed by atoms with Gasteiger partial charge in [-0.05, 0) is 73.4 Å². The van der Waals surface area contributed by atoms with Gasteiger partial charge in [0.05, 0.1) is 11.7 Å². The molecule has 1 aliphatic carbocycles. The van der Waals surface area contributed by atoms with E-state index < -0.39 is 0 Å². The van der Waals surface area contributed by atoms with Crippen molar-refractivity contribution in [3.63, 3.8) is 0 Å². The van der Waals surface area contributed by atoms with Gasteiger partial charge in [0, 0.05) is 30.9 Å². The van der Waals surface area contributed by atoms with Crippen LogP contribution in [0.15, 0.2) is 42.7 Å². The molecule has 0 spiro atoms. The summed E-state index contributed by atoms with van der Waals surface area (Å²) >= 11 is 0. The molecule has 1 aliphatic rings. The second-order valence-corrected chi connectivity index (χ2v) is 7.97. The molecule has 0 aliphatic heterocycles. The number of fused-ring (bicyclic) bond motifs is 1. The van der Waals surface area contributed by atoms with Crippen molar-refractivity contribution in [2.24, 2.45) is 0 Å². The first-order chi connectivity index (χ1) is 14.1. The van der Waals surface area contributed by atoms with E-state index in [9.17, 15) is 4.79 Å². The number of aryl methyl sites for hydroxylation is 4. The molecule has 5 heteroatoms. The van der Waals surface area contributed by atoms with Gasteiger partial charge in [-0.25, -0.2) is 0 Å². The molecular formula is C24H28N4O. The van der Waals surface area contributed by atoms with Crippen LogP contribution in [0, 0.1) is 13.8 Å². The molecule has 2 heterocycles.